The van der Waals surface area contributed by atoms with Crippen molar-refractivity contribution in [3.05, 3.63) is 48.5 Å². The number of hydrogen-bond donors (Lipinski definition) is 0. The Morgan fingerprint density at radius 3 is 1.94 bits per heavy atom. The molecule has 0 aromatic heterocycles. The van der Waals surface area contributed by atoms with Crippen LogP contribution in [-0.2, 0) is 0 Å². The van der Waals surface area contributed by atoms with E-state index < -0.39 is 0 Å². The first-order valence-electron chi connectivity index (χ1n) is 5.05. The van der Waals surface area contributed by atoms with E-state index in [-0.39, 0.29) is 40.0 Å². The van der Waals surface area contributed by atoms with Crippen LogP contribution in [0.15, 0.2) is 42.5 Å². The number of rotatable bonds is 3. The Balaban J connectivity index is 0.00000144. The Bertz CT molecular complexity index is 452. The molecule has 0 aliphatic carbocycles. The maximum Gasteiger partial charge on any atom is 2.00 e. The van der Waals surface area contributed by atoms with Gasteiger partial charge < -0.3 is 26.5 Å². The third-order valence-corrected chi connectivity index (χ3v) is 2.41. The maximum absolute atomic E-state index is 5.34. The van der Waals surface area contributed by atoms with Gasteiger partial charge in [-0.15, -0.1) is 35.9 Å². The molecule has 0 unspecified atom stereocenters. The molecule has 18 heavy (non-hydrogen) atoms. The molecule has 4 heteroatoms. The van der Waals surface area contributed by atoms with Crippen molar-refractivity contribution in [2.45, 2.75) is 0 Å². The third-order valence-electron chi connectivity index (χ3n) is 2.41. The van der Waals surface area contributed by atoms with Gasteiger partial charge in [-0.1, -0.05) is 6.07 Å². The quantitative estimate of drug-likeness (QED) is 0.576. The second-order valence-corrected chi connectivity index (χ2v) is 3.31. The van der Waals surface area contributed by atoms with Gasteiger partial charge in [-0.25, -0.2) is 0 Å². The van der Waals surface area contributed by atoms with E-state index in [1.807, 2.05) is 42.5 Å². The standard InChI is InChI=1S/C14H13O2.BrH.Mg/c1-15-12-9-6-10-13(16-2)14(12)11-7-4-3-5-8-11;;/h3-7,9-10H,1-2H3;1H;/q-1;;+2/p-1. The summed E-state index contributed by atoms with van der Waals surface area (Å²) in [6.45, 7) is 0. The van der Waals surface area contributed by atoms with Gasteiger partial charge in [0, 0.05) is 0 Å². The van der Waals surface area contributed by atoms with Gasteiger partial charge in [-0.3, -0.25) is 0 Å². The summed E-state index contributed by atoms with van der Waals surface area (Å²) < 4.78 is 10.7. The molecule has 0 aliphatic heterocycles. The van der Waals surface area contributed by atoms with Gasteiger partial charge >= 0.3 is 23.1 Å². The molecule has 0 saturated carbocycles. The molecule has 0 N–H and O–H groups in total. The van der Waals surface area contributed by atoms with Crippen molar-refractivity contribution in [1.82, 2.24) is 0 Å². The third kappa shape index (κ3) is 3.64. The van der Waals surface area contributed by atoms with Gasteiger partial charge in [0.25, 0.3) is 0 Å². The number of benzene rings is 2. The van der Waals surface area contributed by atoms with Crippen LogP contribution in [0.3, 0.4) is 0 Å². The van der Waals surface area contributed by atoms with Crippen LogP contribution in [0.5, 0.6) is 11.5 Å². The summed E-state index contributed by atoms with van der Waals surface area (Å²) >= 11 is 0. The second-order valence-electron chi connectivity index (χ2n) is 3.31. The van der Waals surface area contributed by atoms with Crippen LogP contribution in [0.1, 0.15) is 0 Å². The molecule has 0 radical (unpaired) electrons. The van der Waals surface area contributed by atoms with E-state index in [0.29, 0.717) is 0 Å². The molecule has 0 atom stereocenters. The van der Waals surface area contributed by atoms with Crippen molar-refractivity contribution in [3.63, 3.8) is 0 Å². The molecule has 90 valence electrons. The zero-order valence-corrected chi connectivity index (χ0v) is 13.4. The molecule has 0 aliphatic rings. The number of hydrogen-bond acceptors (Lipinski definition) is 2. The first kappa shape index (κ1) is 17.3. The van der Waals surface area contributed by atoms with E-state index in [2.05, 4.69) is 6.07 Å². The van der Waals surface area contributed by atoms with E-state index in [0.717, 1.165) is 22.6 Å². The normalized spacial score (nSPS) is 8.78. The Kier molecular flexibility index (Phi) is 8.07. The van der Waals surface area contributed by atoms with Crippen LogP contribution in [0.2, 0.25) is 0 Å². The predicted octanol–water partition coefficient (Wildman–Crippen LogP) is -0.206. The van der Waals surface area contributed by atoms with E-state index in [1.165, 1.54) is 0 Å². The zero-order chi connectivity index (χ0) is 11.4. The average molecular weight is 317 g/mol. The summed E-state index contributed by atoms with van der Waals surface area (Å²) in [6, 6.07) is 16.7. The van der Waals surface area contributed by atoms with Gasteiger partial charge in [0.05, 0.1) is 25.7 Å². The molecule has 0 fully saturated rings. The van der Waals surface area contributed by atoms with Crippen molar-refractivity contribution in [3.8, 4) is 22.6 Å². The van der Waals surface area contributed by atoms with E-state index in [4.69, 9.17) is 9.47 Å². The minimum Gasteiger partial charge on any atom is -1.00 e. The number of ether oxygens (including phenoxy) is 2. The molecule has 2 aromatic carbocycles. The fourth-order valence-corrected chi connectivity index (χ4v) is 1.67. The first-order valence-corrected chi connectivity index (χ1v) is 5.05. The SMILES string of the molecule is COc1cccc(OC)c1-c1[c-]cccc1.[Br-].[Mg+2]. The van der Waals surface area contributed by atoms with Crippen LogP contribution in [0.25, 0.3) is 11.1 Å². The van der Waals surface area contributed by atoms with Crippen molar-refractivity contribution in [1.29, 1.82) is 0 Å². The summed E-state index contributed by atoms with van der Waals surface area (Å²) in [6.07, 6.45) is 0. The van der Waals surface area contributed by atoms with Crippen molar-refractivity contribution in [2.24, 2.45) is 0 Å². The van der Waals surface area contributed by atoms with Gasteiger partial charge in [0.1, 0.15) is 0 Å². The van der Waals surface area contributed by atoms with Gasteiger partial charge in [0.15, 0.2) is 0 Å². The molecule has 0 amide bonds. The average Bonchev–Trinajstić information content (AvgIpc) is 2.38. The zero-order valence-electron chi connectivity index (χ0n) is 10.4. The maximum atomic E-state index is 5.34. The number of methoxy groups -OCH3 is 2. The summed E-state index contributed by atoms with van der Waals surface area (Å²) in [4.78, 5) is 0. The minimum atomic E-state index is 0. The van der Waals surface area contributed by atoms with E-state index >= 15 is 0 Å². The fourth-order valence-electron chi connectivity index (χ4n) is 1.67. The Morgan fingerprint density at radius 1 is 0.889 bits per heavy atom. The van der Waals surface area contributed by atoms with E-state index in [9.17, 15) is 0 Å². The van der Waals surface area contributed by atoms with Gasteiger partial charge in [-0.05, 0) is 17.7 Å². The topological polar surface area (TPSA) is 18.5 Å². The molecule has 2 nitrogen and oxygen atoms in total. The molecule has 0 spiro atoms. The fraction of sp³-hybridized carbons (Fsp3) is 0.143. The molecule has 0 bridgehead atoms. The van der Waals surface area contributed by atoms with Crippen LogP contribution >= 0.6 is 0 Å². The largest absolute Gasteiger partial charge is 2.00 e. The Labute approximate surface area is 134 Å². The summed E-state index contributed by atoms with van der Waals surface area (Å²) in [7, 11) is 3.31. The van der Waals surface area contributed by atoms with Gasteiger partial charge in [-0.2, -0.15) is 0 Å². The van der Waals surface area contributed by atoms with E-state index in [1.54, 1.807) is 14.2 Å². The van der Waals surface area contributed by atoms with Crippen LogP contribution < -0.4 is 26.5 Å². The molecule has 2 rings (SSSR count). The first-order chi connectivity index (χ1) is 7.86. The Hall–Kier alpha value is -0.714. The predicted molar refractivity (Wildman–Crippen MR) is 69.6 cm³/mol. The van der Waals surface area contributed by atoms with Crippen LogP contribution in [-0.4, -0.2) is 37.3 Å². The summed E-state index contributed by atoms with van der Waals surface area (Å²) in [5, 5.41) is 0. The second kappa shape index (κ2) is 8.40. The molecular weight excluding hydrogens is 304 g/mol. The molecule has 2 aromatic rings. The van der Waals surface area contributed by atoms with Crippen LogP contribution in [0.4, 0.5) is 0 Å². The summed E-state index contributed by atoms with van der Waals surface area (Å²) in [5.74, 6) is 1.59. The van der Waals surface area contributed by atoms with Crippen molar-refractivity contribution < 1.29 is 26.5 Å². The molecular formula is C14H13BrMgO2. The van der Waals surface area contributed by atoms with Gasteiger partial charge in [0.2, 0.25) is 0 Å². The Morgan fingerprint density at radius 2 is 1.50 bits per heavy atom. The summed E-state index contributed by atoms with van der Waals surface area (Å²) in [5.41, 5.74) is 1.91. The minimum absolute atomic E-state index is 0. The van der Waals surface area contributed by atoms with Crippen LogP contribution in [0, 0.1) is 6.07 Å². The monoisotopic (exact) mass is 316 g/mol. The van der Waals surface area contributed by atoms with Crippen molar-refractivity contribution in [2.75, 3.05) is 14.2 Å². The molecule has 0 saturated heterocycles. The number of halogens is 1. The van der Waals surface area contributed by atoms with Crippen molar-refractivity contribution >= 4 is 23.1 Å². The molecule has 0 heterocycles. The smallest absolute Gasteiger partial charge is 1.00 e.